The predicted octanol–water partition coefficient (Wildman–Crippen LogP) is 5.00. The predicted molar refractivity (Wildman–Crippen MR) is 137 cm³/mol. The Kier molecular flexibility index (Phi) is 8.99. The maximum absolute atomic E-state index is 13.6. The van der Waals surface area contributed by atoms with Crippen LogP contribution in [0.5, 0.6) is 0 Å². The van der Waals surface area contributed by atoms with Crippen molar-refractivity contribution in [1.82, 2.24) is 3.97 Å². The summed E-state index contributed by atoms with van der Waals surface area (Å²) in [5.74, 6) is -1.81. The first-order valence-electron chi connectivity index (χ1n) is 11.4. The molecule has 3 rings (SSSR count). The number of rotatable bonds is 11. The van der Waals surface area contributed by atoms with Gasteiger partial charge < -0.3 is 9.84 Å². The zero-order chi connectivity index (χ0) is 26.5. The lowest BCUT2D eigenvalue weighted by molar-refractivity contribution is -0.145. The van der Waals surface area contributed by atoms with E-state index in [-0.39, 0.29) is 23.2 Å². The van der Waals surface area contributed by atoms with Crippen LogP contribution < -0.4 is 0 Å². The molecule has 2 aromatic heterocycles. The molecule has 0 aliphatic carbocycles. The molecule has 192 valence electrons. The molecule has 1 aromatic carbocycles. The van der Waals surface area contributed by atoms with E-state index in [1.165, 1.54) is 34.4 Å². The lowest BCUT2D eigenvalue weighted by Gasteiger charge is -2.13. The van der Waals surface area contributed by atoms with Crippen LogP contribution in [0, 0.1) is 5.82 Å². The fourth-order valence-corrected chi connectivity index (χ4v) is 6.37. The monoisotopic (exact) mass is 533 g/mol. The van der Waals surface area contributed by atoms with Crippen molar-refractivity contribution in [2.75, 3.05) is 6.61 Å². The summed E-state index contributed by atoms with van der Waals surface area (Å²) in [7, 11) is -3.91. The molecule has 1 atom stereocenters. The summed E-state index contributed by atoms with van der Waals surface area (Å²) >= 11 is 1.10. The van der Waals surface area contributed by atoms with E-state index in [2.05, 4.69) is 0 Å². The normalized spacial score (nSPS) is 12.8. The van der Waals surface area contributed by atoms with Crippen LogP contribution in [-0.2, 0) is 24.3 Å². The number of nitrogens with zero attached hydrogens (tertiary/aromatic N) is 1. The second-order valence-corrected chi connectivity index (χ2v) is 11.4. The number of aliphatic hydroxyl groups excluding tert-OH is 1. The van der Waals surface area contributed by atoms with Crippen molar-refractivity contribution >= 4 is 39.2 Å². The molecule has 3 aromatic rings. The molecule has 0 aliphatic rings. The highest BCUT2D eigenvalue weighted by atomic mass is 32.2. The van der Waals surface area contributed by atoms with Gasteiger partial charge in [-0.05, 0) is 42.0 Å². The quantitative estimate of drug-likeness (QED) is 0.275. The minimum absolute atomic E-state index is 0.157. The SMILES string of the molecule is CCOC(=O)CC(=O)CC(O)/C=C/c1c(-c2ccc(F)cc2)cn(S(=O)(=O)c2cccs2)c1C(C)C. The number of aliphatic hydroxyl groups is 1. The number of halogens is 1. The highest BCUT2D eigenvalue weighted by Gasteiger charge is 2.27. The minimum atomic E-state index is -3.91. The molecule has 0 amide bonds. The Morgan fingerprint density at radius 1 is 1.19 bits per heavy atom. The molecule has 2 heterocycles. The Bertz CT molecular complexity index is 1340. The van der Waals surface area contributed by atoms with Crippen molar-refractivity contribution in [2.24, 2.45) is 0 Å². The summed E-state index contributed by atoms with van der Waals surface area (Å²) in [6.07, 6.45) is 2.51. The van der Waals surface area contributed by atoms with E-state index in [0.717, 1.165) is 11.3 Å². The molecule has 0 spiro atoms. The van der Waals surface area contributed by atoms with E-state index < -0.39 is 40.1 Å². The summed E-state index contributed by atoms with van der Waals surface area (Å²) in [5, 5.41) is 12.1. The number of ether oxygens (including phenoxy) is 1. The largest absolute Gasteiger partial charge is 0.466 e. The van der Waals surface area contributed by atoms with Gasteiger partial charge in [0, 0.05) is 29.4 Å². The zero-order valence-corrected chi connectivity index (χ0v) is 21.8. The van der Waals surface area contributed by atoms with E-state index in [1.807, 2.05) is 13.8 Å². The molecule has 7 nitrogen and oxygen atoms in total. The standard InChI is InChI=1S/C26H28FNO6S2/c1-4-34-24(31)15-21(30)14-20(29)11-12-22-23(18-7-9-19(27)10-8-18)16-28(26(22)17(2)3)36(32,33)25-6-5-13-35-25/h5-13,16-17,20,29H,4,14-15H2,1-3H3/b12-11+. The van der Waals surface area contributed by atoms with Gasteiger partial charge in [0.05, 0.1) is 12.7 Å². The van der Waals surface area contributed by atoms with Gasteiger partial charge in [-0.2, -0.15) is 8.42 Å². The van der Waals surface area contributed by atoms with Gasteiger partial charge in [0.15, 0.2) is 0 Å². The molecule has 0 saturated heterocycles. The maximum Gasteiger partial charge on any atom is 0.313 e. The summed E-state index contributed by atoms with van der Waals surface area (Å²) in [6, 6.07) is 8.84. The highest BCUT2D eigenvalue weighted by molar-refractivity contribution is 7.92. The average molecular weight is 534 g/mol. The Morgan fingerprint density at radius 2 is 1.89 bits per heavy atom. The lowest BCUT2D eigenvalue weighted by atomic mass is 9.97. The van der Waals surface area contributed by atoms with Gasteiger partial charge in [-0.15, -0.1) is 11.3 Å². The lowest BCUT2D eigenvalue weighted by Crippen LogP contribution is -2.16. The van der Waals surface area contributed by atoms with Gasteiger partial charge in [0.1, 0.15) is 22.2 Å². The average Bonchev–Trinajstić information content (AvgIpc) is 3.47. The van der Waals surface area contributed by atoms with Crippen LogP contribution >= 0.6 is 11.3 Å². The minimum Gasteiger partial charge on any atom is -0.466 e. The number of aromatic nitrogens is 1. The van der Waals surface area contributed by atoms with Gasteiger partial charge in [-0.3, -0.25) is 9.59 Å². The van der Waals surface area contributed by atoms with Gasteiger partial charge >= 0.3 is 5.97 Å². The van der Waals surface area contributed by atoms with Crippen LogP contribution in [0.1, 0.15) is 50.8 Å². The number of esters is 1. The fourth-order valence-electron chi connectivity index (χ4n) is 3.77. The molecule has 36 heavy (non-hydrogen) atoms. The van der Waals surface area contributed by atoms with Crippen molar-refractivity contribution in [2.45, 2.75) is 49.8 Å². The number of carbonyl (C=O) groups excluding carboxylic acids is 2. The molecule has 0 aliphatic heterocycles. The van der Waals surface area contributed by atoms with Crippen molar-refractivity contribution < 1.29 is 32.2 Å². The van der Waals surface area contributed by atoms with Crippen molar-refractivity contribution in [3.05, 3.63) is 71.1 Å². The molecular formula is C26H28FNO6S2. The first-order valence-corrected chi connectivity index (χ1v) is 13.7. The van der Waals surface area contributed by atoms with Crippen LogP contribution in [0.2, 0.25) is 0 Å². The highest BCUT2D eigenvalue weighted by Crippen LogP contribution is 2.36. The smallest absolute Gasteiger partial charge is 0.313 e. The number of carbonyl (C=O) groups is 2. The summed E-state index contributed by atoms with van der Waals surface area (Å²) in [6.45, 7) is 5.49. The molecule has 0 bridgehead atoms. The Morgan fingerprint density at radius 3 is 2.47 bits per heavy atom. The first-order chi connectivity index (χ1) is 17.0. The van der Waals surface area contributed by atoms with Gasteiger partial charge in [-0.25, -0.2) is 8.36 Å². The third kappa shape index (κ3) is 6.37. The van der Waals surface area contributed by atoms with E-state index >= 15 is 0 Å². The third-order valence-corrected chi connectivity index (χ3v) is 8.38. The summed E-state index contributed by atoms with van der Waals surface area (Å²) < 4.78 is 46.7. The number of hydrogen-bond acceptors (Lipinski definition) is 7. The number of hydrogen-bond donors (Lipinski definition) is 1. The number of benzene rings is 1. The second kappa shape index (κ2) is 11.8. The van der Waals surface area contributed by atoms with E-state index in [1.54, 1.807) is 36.6 Å². The number of thiophene rings is 1. The zero-order valence-electron chi connectivity index (χ0n) is 20.2. The Hall–Kier alpha value is -3.08. The Balaban J connectivity index is 2.05. The van der Waals surface area contributed by atoms with Crippen LogP contribution in [0.15, 0.2) is 58.3 Å². The molecular weight excluding hydrogens is 505 g/mol. The van der Waals surface area contributed by atoms with E-state index in [4.69, 9.17) is 4.74 Å². The van der Waals surface area contributed by atoms with Crippen LogP contribution in [0.4, 0.5) is 4.39 Å². The third-order valence-electron chi connectivity index (χ3n) is 5.33. The van der Waals surface area contributed by atoms with Gasteiger partial charge in [0.25, 0.3) is 10.0 Å². The molecule has 0 radical (unpaired) electrons. The maximum atomic E-state index is 13.6. The van der Waals surface area contributed by atoms with Gasteiger partial charge in [0.2, 0.25) is 0 Å². The van der Waals surface area contributed by atoms with Crippen molar-refractivity contribution in [1.29, 1.82) is 0 Å². The summed E-state index contributed by atoms with van der Waals surface area (Å²) in [5.41, 5.74) is 2.11. The first kappa shape index (κ1) is 27.5. The molecule has 0 saturated carbocycles. The molecule has 10 heteroatoms. The molecule has 1 N–H and O–H groups in total. The van der Waals surface area contributed by atoms with Crippen LogP contribution in [0.3, 0.4) is 0 Å². The fraction of sp³-hybridized carbons (Fsp3) is 0.308. The van der Waals surface area contributed by atoms with Crippen LogP contribution in [0.25, 0.3) is 17.2 Å². The van der Waals surface area contributed by atoms with E-state index in [9.17, 15) is 27.5 Å². The van der Waals surface area contributed by atoms with Crippen LogP contribution in [-0.4, -0.2) is 42.0 Å². The van der Waals surface area contributed by atoms with Crippen molar-refractivity contribution in [3.8, 4) is 11.1 Å². The Labute approximate surface area is 213 Å². The summed E-state index contributed by atoms with van der Waals surface area (Å²) in [4.78, 5) is 23.6. The number of Topliss-reactive ketones (excluding diaryl/α,β-unsaturated/α-hetero) is 1. The topological polar surface area (TPSA) is 103 Å². The molecule has 1 unspecified atom stereocenters. The second-order valence-electron chi connectivity index (χ2n) is 8.39. The number of ketones is 1. The molecule has 0 fully saturated rings. The van der Waals surface area contributed by atoms with E-state index in [0.29, 0.717) is 22.4 Å². The van der Waals surface area contributed by atoms with Crippen molar-refractivity contribution in [3.63, 3.8) is 0 Å². The van der Waals surface area contributed by atoms with Gasteiger partial charge in [-0.1, -0.05) is 44.2 Å².